The fraction of sp³-hybridized carbons (Fsp3) is 0.500. The maximum atomic E-state index is 9.68. The highest BCUT2D eigenvalue weighted by Crippen LogP contribution is 2.22. The smallest absolute Gasteiger partial charge is 0.0838 e. The number of nitrogens with zero attached hydrogens (tertiary/aromatic N) is 1. The zero-order valence-corrected chi connectivity index (χ0v) is 10.8. The molecule has 0 heterocycles. The van der Waals surface area contributed by atoms with Gasteiger partial charge in [-0.3, -0.25) is 0 Å². The van der Waals surface area contributed by atoms with Crippen LogP contribution in [0.15, 0.2) is 18.2 Å². The van der Waals surface area contributed by atoms with Crippen LogP contribution in [-0.2, 0) is 0 Å². The van der Waals surface area contributed by atoms with Crippen LogP contribution < -0.4 is 5.32 Å². The predicted molar refractivity (Wildman–Crippen MR) is 69.2 cm³/mol. The first-order chi connectivity index (χ1) is 7.49. The normalized spacial score (nSPS) is 12.9. The summed E-state index contributed by atoms with van der Waals surface area (Å²) in [6.45, 7) is 3.13. The molecule has 1 unspecified atom stereocenters. The van der Waals surface area contributed by atoms with Crippen LogP contribution in [0, 0.1) is 6.92 Å². The zero-order chi connectivity index (χ0) is 12.1. The fourth-order valence-electron chi connectivity index (χ4n) is 1.48. The minimum absolute atomic E-state index is 0.396. The number of hydrogen-bond donors (Lipinski definition) is 2. The Hall–Kier alpha value is -0.770. The third-order valence-electron chi connectivity index (χ3n) is 2.23. The van der Waals surface area contributed by atoms with Crippen LogP contribution >= 0.6 is 11.6 Å². The average Bonchev–Trinajstić information content (AvgIpc) is 2.15. The molecule has 16 heavy (non-hydrogen) atoms. The zero-order valence-electron chi connectivity index (χ0n) is 10.00. The third kappa shape index (κ3) is 4.39. The van der Waals surface area contributed by atoms with Crippen molar-refractivity contribution in [1.82, 2.24) is 4.90 Å². The molecule has 0 saturated heterocycles. The Labute approximate surface area is 102 Å². The first kappa shape index (κ1) is 13.3. The number of nitrogens with one attached hydrogen (secondary N) is 1. The Bertz CT molecular complexity index is 342. The van der Waals surface area contributed by atoms with Crippen molar-refractivity contribution in [2.24, 2.45) is 0 Å². The second-order valence-corrected chi connectivity index (χ2v) is 4.69. The molecule has 0 fully saturated rings. The number of aliphatic hydroxyl groups is 1. The van der Waals surface area contributed by atoms with Gasteiger partial charge in [0.05, 0.1) is 16.8 Å². The summed E-state index contributed by atoms with van der Waals surface area (Å²) in [6, 6.07) is 5.83. The maximum Gasteiger partial charge on any atom is 0.0838 e. The van der Waals surface area contributed by atoms with E-state index < -0.39 is 6.10 Å². The molecule has 1 atom stereocenters. The Balaban J connectivity index is 2.48. The molecule has 0 radical (unpaired) electrons. The maximum absolute atomic E-state index is 9.68. The van der Waals surface area contributed by atoms with Crippen molar-refractivity contribution in [3.8, 4) is 0 Å². The summed E-state index contributed by atoms with van der Waals surface area (Å²) >= 11 is 6.06. The number of halogens is 1. The third-order valence-corrected chi connectivity index (χ3v) is 2.54. The molecule has 0 aromatic heterocycles. The number of likely N-dealkylation sites (N-methyl/N-ethyl adjacent to an activating group) is 1. The Morgan fingerprint density at radius 2 is 2.12 bits per heavy atom. The van der Waals surface area contributed by atoms with Crippen LogP contribution in [0.2, 0.25) is 5.02 Å². The molecule has 0 bridgehead atoms. The van der Waals surface area contributed by atoms with Crippen LogP contribution in [0.3, 0.4) is 0 Å². The van der Waals surface area contributed by atoms with E-state index in [1.165, 1.54) is 0 Å². The van der Waals surface area contributed by atoms with Gasteiger partial charge in [-0.2, -0.15) is 0 Å². The second-order valence-electron chi connectivity index (χ2n) is 4.28. The van der Waals surface area contributed by atoms with Crippen molar-refractivity contribution >= 4 is 17.3 Å². The number of aliphatic hydroxyl groups excluding tert-OH is 1. The molecule has 2 N–H and O–H groups in total. The predicted octanol–water partition coefficient (Wildman–Crippen LogP) is 1.98. The number of rotatable bonds is 5. The molecule has 0 amide bonds. The van der Waals surface area contributed by atoms with Crippen LogP contribution in [0.25, 0.3) is 0 Å². The van der Waals surface area contributed by atoms with Gasteiger partial charge in [-0.25, -0.2) is 0 Å². The molecular weight excluding hydrogens is 224 g/mol. The molecule has 1 aromatic rings. The van der Waals surface area contributed by atoms with Gasteiger partial charge in [-0.05, 0) is 38.7 Å². The number of benzene rings is 1. The summed E-state index contributed by atoms with van der Waals surface area (Å²) in [6.07, 6.45) is -0.396. The van der Waals surface area contributed by atoms with Gasteiger partial charge in [0, 0.05) is 13.1 Å². The van der Waals surface area contributed by atoms with Crippen LogP contribution in [0.1, 0.15) is 5.56 Å². The van der Waals surface area contributed by atoms with Gasteiger partial charge >= 0.3 is 0 Å². The summed E-state index contributed by atoms with van der Waals surface area (Å²) in [5.41, 5.74) is 1.99. The Morgan fingerprint density at radius 3 is 2.69 bits per heavy atom. The first-order valence-electron chi connectivity index (χ1n) is 5.32. The van der Waals surface area contributed by atoms with Gasteiger partial charge in [0.15, 0.2) is 0 Å². The summed E-state index contributed by atoms with van der Waals surface area (Å²) < 4.78 is 0. The Kier molecular flexibility index (Phi) is 5.06. The van der Waals surface area contributed by atoms with Crippen molar-refractivity contribution in [2.45, 2.75) is 13.0 Å². The van der Waals surface area contributed by atoms with Crippen molar-refractivity contribution in [3.05, 3.63) is 28.8 Å². The lowest BCUT2D eigenvalue weighted by Crippen LogP contribution is -2.31. The average molecular weight is 243 g/mol. The van der Waals surface area contributed by atoms with Gasteiger partial charge < -0.3 is 15.3 Å². The number of aryl methyl sites for hydroxylation is 1. The standard InChI is InChI=1S/C12H19ClN2O/c1-9-4-5-12(11(13)6-9)14-7-10(16)8-15(2)3/h4-6,10,14,16H,7-8H2,1-3H3. The largest absolute Gasteiger partial charge is 0.390 e. The second kappa shape index (κ2) is 6.09. The lowest BCUT2D eigenvalue weighted by molar-refractivity contribution is 0.148. The fourth-order valence-corrected chi connectivity index (χ4v) is 1.78. The molecule has 0 aliphatic heterocycles. The van der Waals surface area contributed by atoms with Gasteiger partial charge in [-0.1, -0.05) is 17.7 Å². The van der Waals surface area contributed by atoms with Gasteiger partial charge in [0.25, 0.3) is 0 Å². The first-order valence-corrected chi connectivity index (χ1v) is 5.69. The van der Waals surface area contributed by atoms with E-state index in [4.69, 9.17) is 11.6 Å². The van der Waals surface area contributed by atoms with Gasteiger partial charge in [0.1, 0.15) is 0 Å². The molecule has 3 nitrogen and oxygen atoms in total. The molecule has 4 heteroatoms. The molecule has 1 rings (SSSR count). The van der Waals surface area contributed by atoms with Crippen LogP contribution in [0.4, 0.5) is 5.69 Å². The lowest BCUT2D eigenvalue weighted by atomic mass is 10.2. The summed E-state index contributed by atoms with van der Waals surface area (Å²) in [7, 11) is 3.87. The van der Waals surface area contributed by atoms with E-state index in [1.54, 1.807) is 0 Å². The molecule has 0 aliphatic rings. The number of anilines is 1. The van der Waals surface area contributed by atoms with Crippen molar-refractivity contribution in [1.29, 1.82) is 0 Å². The van der Waals surface area contributed by atoms with E-state index in [0.29, 0.717) is 18.1 Å². The summed E-state index contributed by atoms with van der Waals surface area (Å²) in [5.74, 6) is 0. The molecule has 0 saturated carbocycles. The minimum Gasteiger partial charge on any atom is -0.390 e. The van der Waals surface area contributed by atoms with E-state index in [1.807, 2.05) is 44.1 Å². The molecule has 0 spiro atoms. The van der Waals surface area contributed by atoms with Crippen molar-refractivity contribution in [2.75, 3.05) is 32.5 Å². The highest BCUT2D eigenvalue weighted by atomic mass is 35.5. The monoisotopic (exact) mass is 242 g/mol. The highest BCUT2D eigenvalue weighted by Gasteiger charge is 2.06. The number of hydrogen-bond acceptors (Lipinski definition) is 3. The summed E-state index contributed by atoms with van der Waals surface area (Å²) in [4.78, 5) is 1.95. The lowest BCUT2D eigenvalue weighted by Gasteiger charge is -2.17. The topological polar surface area (TPSA) is 35.5 Å². The van der Waals surface area contributed by atoms with Gasteiger partial charge in [-0.15, -0.1) is 0 Å². The van der Waals surface area contributed by atoms with Crippen LogP contribution in [-0.4, -0.2) is 43.3 Å². The molecular formula is C12H19ClN2O. The Morgan fingerprint density at radius 1 is 1.44 bits per heavy atom. The summed E-state index contributed by atoms with van der Waals surface area (Å²) in [5, 5.41) is 13.5. The van der Waals surface area contributed by atoms with Crippen molar-refractivity contribution < 1.29 is 5.11 Å². The van der Waals surface area contributed by atoms with E-state index in [0.717, 1.165) is 11.3 Å². The quantitative estimate of drug-likeness (QED) is 0.829. The highest BCUT2D eigenvalue weighted by molar-refractivity contribution is 6.33. The van der Waals surface area contributed by atoms with E-state index in [9.17, 15) is 5.11 Å². The molecule has 0 aliphatic carbocycles. The van der Waals surface area contributed by atoms with E-state index >= 15 is 0 Å². The minimum atomic E-state index is -0.396. The molecule has 90 valence electrons. The molecule has 1 aromatic carbocycles. The van der Waals surface area contributed by atoms with E-state index in [-0.39, 0.29) is 0 Å². The van der Waals surface area contributed by atoms with E-state index in [2.05, 4.69) is 5.32 Å². The SMILES string of the molecule is Cc1ccc(NCC(O)CN(C)C)c(Cl)c1. The van der Waals surface area contributed by atoms with Crippen molar-refractivity contribution in [3.63, 3.8) is 0 Å². The van der Waals surface area contributed by atoms with Gasteiger partial charge in [0.2, 0.25) is 0 Å². The van der Waals surface area contributed by atoms with Crippen LogP contribution in [0.5, 0.6) is 0 Å².